The van der Waals surface area contributed by atoms with Gasteiger partial charge in [-0.15, -0.1) is 0 Å². The molecule has 0 fully saturated rings. The molecule has 0 aliphatic rings. The summed E-state index contributed by atoms with van der Waals surface area (Å²) in [7, 11) is 0. The van der Waals surface area contributed by atoms with Crippen molar-refractivity contribution >= 4 is 12.6 Å². The van der Waals surface area contributed by atoms with Crippen LogP contribution in [0.5, 0.6) is 5.75 Å². The predicted octanol–water partition coefficient (Wildman–Crippen LogP) is 4.29. The first kappa shape index (κ1) is 15.2. The van der Waals surface area contributed by atoms with E-state index in [0.717, 1.165) is 12.1 Å². The molecule has 1 aromatic rings. The number of ether oxygens (including phenoxy) is 1. The van der Waals surface area contributed by atoms with E-state index in [2.05, 4.69) is 12.6 Å². The second-order valence-corrected chi connectivity index (χ2v) is 4.89. The highest BCUT2D eigenvalue weighted by Crippen LogP contribution is 2.31. The van der Waals surface area contributed by atoms with Crippen LogP contribution in [0.3, 0.4) is 0 Å². The summed E-state index contributed by atoms with van der Waals surface area (Å²) in [6.45, 7) is 4.45. The Hall–Kier alpha value is -0.840. The maximum absolute atomic E-state index is 12.5. The molecule has 0 aliphatic heterocycles. The Morgan fingerprint density at radius 1 is 1.28 bits per heavy atom. The number of halogens is 3. The minimum Gasteiger partial charge on any atom is -0.493 e. The van der Waals surface area contributed by atoms with Gasteiger partial charge in [0.05, 0.1) is 12.2 Å². The molecule has 0 heterocycles. The van der Waals surface area contributed by atoms with Gasteiger partial charge in [0.15, 0.2) is 0 Å². The monoisotopic (exact) mass is 278 g/mol. The molecule has 0 aromatic heterocycles. The summed E-state index contributed by atoms with van der Waals surface area (Å²) >= 11 is 4.21. The van der Waals surface area contributed by atoms with E-state index in [1.54, 1.807) is 0 Å². The molecule has 1 aromatic carbocycles. The van der Waals surface area contributed by atoms with Gasteiger partial charge in [0.1, 0.15) is 5.75 Å². The minimum absolute atomic E-state index is 0.225. The lowest BCUT2D eigenvalue weighted by molar-refractivity contribution is -0.137. The van der Waals surface area contributed by atoms with Crippen molar-refractivity contribution in [1.29, 1.82) is 0 Å². The number of alkyl halides is 3. The van der Waals surface area contributed by atoms with Crippen LogP contribution < -0.4 is 4.74 Å². The molecule has 1 unspecified atom stereocenters. The van der Waals surface area contributed by atoms with Crippen molar-refractivity contribution in [1.82, 2.24) is 0 Å². The number of thiol groups is 1. The fourth-order valence-electron chi connectivity index (χ4n) is 1.42. The number of hydrogen-bond donors (Lipinski definition) is 1. The van der Waals surface area contributed by atoms with E-state index in [-0.39, 0.29) is 11.7 Å². The Balaban J connectivity index is 2.68. The van der Waals surface area contributed by atoms with Crippen molar-refractivity contribution in [2.75, 3.05) is 12.4 Å². The van der Waals surface area contributed by atoms with Crippen LogP contribution in [-0.4, -0.2) is 12.4 Å². The average Bonchev–Trinajstić information content (AvgIpc) is 2.28. The first-order chi connectivity index (χ1) is 8.34. The Morgan fingerprint density at radius 2 is 1.94 bits per heavy atom. The topological polar surface area (TPSA) is 9.23 Å². The van der Waals surface area contributed by atoms with Crippen LogP contribution in [0.1, 0.15) is 19.4 Å². The fraction of sp³-hybridized carbons (Fsp3) is 0.538. The van der Waals surface area contributed by atoms with Crippen molar-refractivity contribution < 1.29 is 17.9 Å². The molecule has 0 saturated carbocycles. The second-order valence-electron chi connectivity index (χ2n) is 4.52. The van der Waals surface area contributed by atoms with Gasteiger partial charge in [-0.1, -0.05) is 19.9 Å². The molecule has 0 amide bonds. The van der Waals surface area contributed by atoms with Crippen molar-refractivity contribution in [3.05, 3.63) is 29.8 Å². The SMILES string of the molecule is CC(C)C(CS)COc1cccc(C(F)(F)F)c1. The van der Waals surface area contributed by atoms with E-state index >= 15 is 0 Å². The molecule has 1 nitrogen and oxygen atoms in total. The second kappa shape index (κ2) is 6.36. The lowest BCUT2D eigenvalue weighted by Crippen LogP contribution is -2.19. The number of benzene rings is 1. The Kier molecular flexibility index (Phi) is 5.38. The van der Waals surface area contributed by atoms with Crippen molar-refractivity contribution in [3.8, 4) is 5.75 Å². The van der Waals surface area contributed by atoms with E-state index in [4.69, 9.17) is 4.74 Å². The highest BCUT2D eigenvalue weighted by Gasteiger charge is 2.30. The van der Waals surface area contributed by atoms with Crippen LogP contribution in [0.15, 0.2) is 24.3 Å². The third-order valence-corrected chi connectivity index (χ3v) is 3.27. The van der Waals surface area contributed by atoms with E-state index in [0.29, 0.717) is 18.3 Å². The van der Waals surface area contributed by atoms with Crippen molar-refractivity contribution in [2.45, 2.75) is 20.0 Å². The van der Waals surface area contributed by atoms with Crippen LogP contribution >= 0.6 is 12.6 Å². The number of rotatable bonds is 5. The van der Waals surface area contributed by atoms with Crippen LogP contribution in [0.2, 0.25) is 0 Å². The lowest BCUT2D eigenvalue weighted by atomic mass is 9.99. The molecule has 18 heavy (non-hydrogen) atoms. The Bertz CT molecular complexity index is 377. The molecule has 0 aliphatic carbocycles. The van der Waals surface area contributed by atoms with Gasteiger partial charge in [0.2, 0.25) is 0 Å². The summed E-state index contributed by atoms with van der Waals surface area (Å²) in [5, 5.41) is 0. The van der Waals surface area contributed by atoms with Crippen LogP contribution in [0.4, 0.5) is 13.2 Å². The maximum Gasteiger partial charge on any atom is 0.416 e. The smallest absolute Gasteiger partial charge is 0.416 e. The normalized spacial score (nSPS) is 13.7. The van der Waals surface area contributed by atoms with Gasteiger partial charge in [0, 0.05) is 5.92 Å². The van der Waals surface area contributed by atoms with E-state index in [9.17, 15) is 13.2 Å². The summed E-state index contributed by atoms with van der Waals surface area (Å²) in [5.41, 5.74) is -0.688. The lowest BCUT2D eigenvalue weighted by Gasteiger charge is -2.19. The highest BCUT2D eigenvalue weighted by molar-refractivity contribution is 7.80. The summed E-state index contributed by atoms with van der Waals surface area (Å²) in [5.74, 6) is 1.50. The minimum atomic E-state index is -4.33. The Morgan fingerprint density at radius 3 is 2.44 bits per heavy atom. The molecule has 5 heteroatoms. The van der Waals surface area contributed by atoms with Crippen LogP contribution in [-0.2, 0) is 6.18 Å². The third kappa shape index (κ3) is 4.44. The zero-order valence-corrected chi connectivity index (χ0v) is 11.3. The molecular weight excluding hydrogens is 261 g/mol. The zero-order valence-electron chi connectivity index (χ0n) is 10.4. The van der Waals surface area contributed by atoms with Gasteiger partial charge in [0.25, 0.3) is 0 Å². The molecule has 102 valence electrons. The summed E-state index contributed by atoms with van der Waals surface area (Å²) < 4.78 is 42.9. The van der Waals surface area contributed by atoms with Crippen molar-refractivity contribution in [3.63, 3.8) is 0 Å². The van der Waals surface area contributed by atoms with E-state index in [1.807, 2.05) is 13.8 Å². The summed E-state index contributed by atoms with van der Waals surface area (Å²) in [4.78, 5) is 0. The molecule has 0 spiro atoms. The molecule has 0 N–H and O–H groups in total. The summed E-state index contributed by atoms with van der Waals surface area (Å²) in [6, 6.07) is 4.94. The number of hydrogen-bond acceptors (Lipinski definition) is 2. The predicted molar refractivity (Wildman–Crippen MR) is 69.1 cm³/mol. The Labute approximate surface area is 111 Å². The van der Waals surface area contributed by atoms with Gasteiger partial charge >= 0.3 is 6.18 Å². The summed E-state index contributed by atoms with van der Waals surface area (Å²) in [6.07, 6.45) is -4.33. The van der Waals surface area contributed by atoms with Gasteiger partial charge in [-0.25, -0.2) is 0 Å². The largest absolute Gasteiger partial charge is 0.493 e. The standard InChI is InChI=1S/C13H17F3OS/c1-9(2)10(8-18)7-17-12-5-3-4-11(6-12)13(14,15)16/h3-6,9-10,18H,7-8H2,1-2H3. The van der Waals surface area contributed by atoms with E-state index in [1.165, 1.54) is 12.1 Å². The molecule has 0 saturated heterocycles. The first-order valence-corrected chi connectivity index (χ1v) is 6.38. The van der Waals surface area contributed by atoms with Gasteiger partial charge in [-0.05, 0) is 29.9 Å². The fourth-order valence-corrected chi connectivity index (χ4v) is 1.95. The zero-order chi connectivity index (χ0) is 13.8. The third-order valence-electron chi connectivity index (χ3n) is 2.80. The van der Waals surface area contributed by atoms with Gasteiger partial charge in [-0.2, -0.15) is 25.8 Å². The van der Waals surface area contributed by atoms with Crippen molar-refractivity contribution in [2.24, 2.45) is 11.8 Å². The van der Waals surface area contributed by atoms with E-state index < -0.39 is 11.7 Å². The van der Waals surface area contributed by atoms with Gasteiger partial charge in [-0.3, -0.25) is 0 Å². The molecule has 0 radical (unpaired) electrons. The molecular formula is C13H17F3OS. The highest BCUT2D eigenvalue weighted by atomic mass is 32.1. The first-order valence-electron chi connectivity index (χ1n) is 5.75. The quantitative estimate of drug-likeness (QED) is 0.791. The van der Waals surface area contributed by atoms with Crippen LogP contribution in [0, 0.1) is 11.8 Å². The van der Waals surface area contributed by atoms with Crippen LogP contribution in [0.25, 0.3) is 0 Å². The maximum atomic E-state index is 12.5. The molecule has 1 rings (SSSR count). The molecule has 1 atom stereocenters. The molecule has 0 bridgehead atoms. The average molecular weight is 278 g/mol. The van der Waals surface area contributed by atoms with Gasteiger partial charge < -0.3 is 4.74 Å².